The minimum atomic E-state index is 0.339. The summed E-state index contributed by atoms with van der Waals surface area (Å²) >= 11 is 3.79. The van der Waals surface area contributed by atoms with Crippen molar-refractivity contribution in [3.8, 4) is 5.75 Å². The molecule has 19 heavy (non-hydrogen) atoms. The Bertz CT molecular complexity index is 381. The first-order valence-corrected chi connectivity index (χ1v) is 8.10. The lowest BCUT2D eigenvalue weighted by Gasteiger charge is -2.25. The van der Waals surface area contributed by atoms with Crippen molar-refractivity contribution in [3.05, 3.63) is 29.8 Å². The molecule has 1 aliphatic carbocycles. The quantitative estimate of drug-likeness (QED) is 0.747. The number of alkyl halides is 1. The monoisotopic (exact) mass is 326 g/mol. The van der Waals surface area contributed by atoms with Crippen LogP contribution in [0.2, 0.25) is 0 Å². The van der Waals surface area contributed by atoms with Gasteiger partial charge in [-0.3, -0.25) is 0 Å². The molecule has 0 heterocycles. The van der Waals surface area contributed by atoms with Gasteiger partial charge in [0, 0.05) is 4.83 Å². The third-order valence-corrected chi connectivity index (χ3v) is 4.77. The van der Waals surface area contributed by atoms with Crippen molar-refractivity contribution < 1.29 is 9.47 Å². The molecule has 0 saturated heterocycles. The fourth-order valence-corrected chi connectivity index (χ4v) is 3.30. The van der Waals surface area contributed by atoms with Gasteiger partial charge in [-0.2, -0.15) is 0 Å². The van der Waals surface area contributed by atoms with E-state index in [4.69, 9.17) is 9.47 Å². The standard InChI is InChI=1S/C16H23BrO2/c1-18-14-8-6-7-13(11-14)12-19-16-10-5-3-2-4-9-15(16)17/h6-8,11,15-16H,2-5,9-10,12H2,1H3. The molecule has 1 aliphatic rings. The normalized spacial score (nSPS) is 24.5. The third kappa shape index (κ3) is 4.81. The number of benzene rings is 1. The highest BCUT2D eigenvalue weighted by Crippen LogP contribution is 2.26. The van der Waals surface area contributed by atoms with Crippen LogP contribution in [0, 0.1) is 0 Å². The van der Waals surface area contributed by atoms with E-state index in [9.17, 15) is 0 Å². The lowest BCUT2D eigenvalue weighted by Crippen LogP contribution is -2.25. The second-order valence-corrected chi connectivity index (χ2v) is 6.38. The zero-order valence-electron chi connectivity index (χ0n) is 11.6. The van der Waals surface area contributed by atoms with E-state index in [0.717, 1.165) is 5.75 Å². The van der Waals surface area contributed by atoms with Crippen molar-refractivity contribution >= 4 is 15.9 Å². The minimum absolute atomic E-state index is 0.339. The first-order chi connectivity index (χ1) is 9.29. The first kappa shape index (κ1) is 14.9. The van der Waals surface area contributed by atoms with Crippen molar-refractivity contribution in [1.29, 1.82) is 0 Å². The number of rotatable bonds is 4. The van der Waals surface area contributed by atoms with Crippen LogP contribution in [0.3, 0.4) is 0 Å². The zero-order chi connectivity index (χ0) is 13.5. The summed E-state index contributed by atoms with van der Waals surface area (Å²) in [5.74, 6) is 0.897. The second kappa shape index (κ2) is 7.91. The van der Waals surface area contributed by atoms with Crippen LogP contribution in [-0.2, 0) is 11.3 Å². The Balaban J connectivity index is 1.88. The Morgan fingerprint density at radius 3 is 2.74 bits per heavy atom. The Morgan fingerprint density at radius 1 is 1.16 bits per heavy atom. The first-order valence-electron chi connectivity index (χ1n) is 7.18. The van der Waals surface area contributed by atoms with Crippen LogP contribution in [-0.4, -0.2) is 18.0 Å². The van der Waals surface area contributed by atoms with Crippen LogP contribution >= 0.6 is 15.9 Å². The highest BCUT2D eigenvalue weighted by atomic mass is 79.9. The van der Waals surface area contributed by atoms with Gasteiger partial charge in [-0.05, 0) is 30.5 Å². The number of hydrogen-bond donors (Lipinski definition) is 0. The van der Waals surface area contributed by atoms with E-state index in [-0.39, 0.29) is 0 Å². The Morgan fingerprint density at radius 2 is 1.95 bits per heavy atom. The van der Waals surface area contributed by atoms with Crippen molar-refractivity contribution in [2.75, 3.05) is 7.11 Å². The summed E-state index contributed by atoms with van der Waals surface area (Å²) in [5.41, 5.74) is 1.18. The molecule has 0 N–H and O–H groups in total. The zero-order valence-corrected chi connectivity index (χ0v) is 13.2. The van der Waals surface area contributed by atoms with E-state index in [1.165, 1.54) is 44.1 Å². The smallest absolute Gasteiger partial charge is 0.119 e. The van der Waals surface area contributed by atoms with Crippen LogP contribution in [0.5, 0.6) is 5.75 Å². The van der Waals surface area contributed by atoms with Crippen molar-refractivity contribution in [2.24, 2.45) is 0 Å². The molecule has 2 unspecified atom stereocenters. The van der Waals surface area contributed by atoms with Gasteiger partial charge in [-0.25, -0.2) is 0 Å². The molecular formula is C16H23BrO2. The van der Waals surface area contributed by atoms with Gasteiger partial charge in [-0.1, -0.05) is 53.7 Å². The number of halogens is 1. The van der Waals surface area contributed by atoms with Gasteiger partial charge in [0.15, 0.2) is 0 Å². The molecular weight excluding hydrogens is 304 g/mol. The Labute approximate surface area is 124 Å². The van der Waals surface area contributed by atoms with Gasteiger partial charge in [0.05, 0.1) is 19.8 Å². The summed E-state index contributed by atoms with van der Waals surface area (Å²) < 4.78 is 11.4. The molecule has 2 nitrogen and oxygen atoms in total. The summed E-state index contributed by atoms with van der Waals surface area (Å²) in [6.45, 7) is 0.671. The fraction of sp³-hybridized carbons (Fsp3) is 0.625. The van der Waals surface area contributed by atoms with Gasteiger partial charge in [0.2, 0.25) is 0 Å². The molecule has 2 rings (SSSR count). The van der Waals surface area contributed by atoms with E-state index in [0.29, 0.717) is 17.5 Å². The van der Waals surface area contributed by atoms with Gasteiger partial charge in [0.1, 0.15) is 5.75 Å². The molecule has 1 saturated carbocycles. The molecule has 1 fully saturated rings. The van der Waals surface area contributed by atoms with Crippen LogP contribution in [0.25, 0.3) is 0 Å². The largest absolute Gasteiger partial charge is 0.497 e. The maximum absolute atomic E-state index is 6.11. The van der Waals surface area contributed by atoms with E-state index in [1.54, 1.807) is 7.11 Å². The predicted molar refractivity (Wildman–Crippen MR) is 82.0 cm³/mol. The molecule has 0 spiro atoms. The summed E-state index contributed by atoms with van der Waals surface area (Å²) in [6, 6.07) is 8.12. The molecule has 0 aliphatic heterocycles. The van der Waals surface area contributed by atoms with Gasteiger partial charge in [0.25, 0.3) is 0 Å². The van der Waals surface area contributed by atoms with Crippen LogP contribution in [0.4, 0.5) is 0 Å². The topological polar surface area (TPSA) is 18.5 Å². The van der Waals surface area contributed by atoms with Crippen molar-refractivity contribution in [1.82, 2.24) is 0 Å². The summed E-state index contributed by atoms with van der Waals surface area (Å²) in [5, 5.41) is 0. The van der Waals surface area contributed by atoms with Crippen molar-refractivity contribution in [2.45, 2.75) is 56.1 Å². The molecule has 0 bridgehead atoms. The minimum Gasteiger partial charge on any atom is -0.497 e. The SMILES string of the molecule is COc1cccc(COC2CCCCCCC2Br)c1. The summed E-state index contributed by atoms with van der Waals surface area (Å²) in [6.07, 6.45) is 8.04. The average Bonchev–Trinajstić information content (AvgIpc) is 2.43. The van der Waals surface area contributed by atoms with Gasteiger partial charge < -0.3 is 9.47 Å². The molecule has 106 valence electrons. The van der Waals surface area contributed by atoms with Gasteiger partial charge >= 0.3 is 0 Å². The van der Waals surface area contributed by atoms with E-state index in [1.807, 2.05) is 18.2 Å². The molecule has 1 aromatic rings. The summed E-state index contributed by atoms with van der Waals surface area (Å²) in [4.78, 5) is 0.499. The third-order valence-electron chi connectivity index (χ3n) is 3.72. The van der Waals surface area contributed by atoms with Gasteiger partial charge in [-0.15, -0.1) is 0 Å². The fourth-order valence-electron chi connectivity index (χ4n) is 2.56. The molecule has 0 amide bonds. The predicted octanol–water partition coefficient (Wildman–Crippen LogP) is 4.70. The second-order valence-electron chi connectivity index (χ2n) is 5.21. The molecule has 3 heteroatoms. The number of ether oxygens (including phenoxy) is 2. The molecule has 0 radical (unpaired) electrons. The van der Waals surface area contributed by atoms with E-state index >= 15 is 0 Å². The maximum Gasteiger partial charge on any atom is 0.119 e. The lowest BCUT2D eigenvalue weighted by atomic mass is 9.98. The molecule has 1 aromatic carbocycles. The number of methoxy groups -OCH3 is 1. The highest BCUT2D eigenvalue weighted by Gasteiger charge is 2.20. The highest BCUT2D eigenvalue weighted by molar-refractivity contribution is 9.09. The van der Waals surface area contributed by atoms with Crippen LogP contribution in [0.1, 0.15) is 44.1 Å². The van der Waals surface area contributed by atoms with Crippen molar-refractivity contribution in [3.63, 3.8) is 0 Å². The van der Waals surface area contributed by atoms with Crippen LogP contribution in [0.15, 0.2) is 24.3 Å². The lowest BCUT2D eigenvalue weighted by molar-refractivity contribution is 0.0290. The molecule has 2 atom stereocenters. The Hall–Kier alpha value is -0.540. The number of hydrogen-bond acceptors (Lipinski definition) is 2. The molecule has 0 aromatic heterocycles. The summed E-state index contributed by atoms with van der Waals surface area (Å²) in [7, 11) is 1.70. The van der Waals surface area contributed by atoms with Crippen LogP contribution < -0.4 is 4.74 Å². The Kier molecular flexibility index (Phi) is 6.18. The maximum atomic E-state index is 6.11. The van der Waals surface area contributed by atoms with E-state index in [2.05, 4.69) is 22.0 Å². The average molecular weight is 327 g/mol. The van der Waals surface area contributed by atoms with E-state index < -0.39 is 0 Å².